The topological polar surface area (TPSA) is 12.0 Å². The summed E-state index contributed by atoms with van der Waals surface area (Å²) in [5.74, 6) is 0.893. The van der Waals surface area contributed by atoms with E-state index in [1.54, 1.807) is 0 Å². The zero-order valence-electron chi connectivity index (χ0n) is 13.9. The van der Waals surface area contributed by atoms with Crippen LogP contribution in [-0.2, 0) is 6.42 Å². The molecule has 0 aliphatic carbocycles. The summed E-state index contributed by atoms with van der Waals surface area (Å²) in [6.07, 6.45) is 9.21. The lowest BCUT2D eigenvalue weighted by Gasteiger charge is -2.22. The SMILES string of the molecule is CCCCC(CC)CC(CCc1ccccc1C)NC. The minimum Gasteiger partial charge on any atom is -0.317 e. The number of nitrogens with one attached hydrogen (secondary N) is 1. The number of rotatable bonds is 10. The molecule has 0 spiro atoms. The molecule has 1 rings (SSSR count). The highest BCUT2D eigenvalue weighted by atomic mass is 14.9. The predicted molar refractivity (Wildman–Crippen MR) is 90.3 cm³/mol. The fraction of sp³-hybridized carbons (Fsp3) is 0.684. The average Bonchev–Trinajstić information content (AvgIpc) is 2.48. The van der Waals surface area contributed by atoms with Gasteiger partial charge in [0.15, 0.2) is 0 Å². The van der Waals surface area contributed by atoms with Gasteiger partial charge < -0.3 is 5.32 Å². The number of benzene rings is 1. The summed E-state index contributed by atoms with van der Waals surface area (Å²) < 4.78 is 0. The fourth-order valence-corrected chi connectivity index (χ4v) is 2.98. The second-order valence-electron chi connectivity index (χ2n) is 6.10. The molecule has 0 radical (unpaired) electrons. The van der Waals surface area contributed by atoms with E-state index in [-0.39, 0.29) is 0 Å². The Morgan fingerprint density at radius 3 is 2.45 bits per heavy atom. The number of unbranched alkanes of at least 4 members (excludes halogenated alkanes) is 1. The van der Waals surface area contributed by atoms with Crippen molar-refractivity contribution in [3.05, 3.63) is 35.4 Å². The predicted octanol–water partition coefficient (Wildman–Crippen LogP) is 5.12. The molecule has 0 aromatic heterocycles. The molecule has 2 atom stereocenters. The summed E-state index contributed by atoms with van der Waals surface area (Å²) in [4.78, 5) is 0. The van der Waals surface area contributed by atoms with Crippen LogP contribution in [0.2, 0.25) is 0 Å². The summed E-state index contributed by atoms with van der Waals surface area (Å²) in [7, 11) is 2.12. The average molecular weight is 275 g/mol. The molecular formula is C19H33N. The Morgan fingerprint density at radius 1 is 1.10 bits per heavy atom. The van der Waals surface area contributed by atoms with Gasteiger partial charge in [0, 0.05) is 6.04 Å². The van der Waals surface area contributed by atoms with Crippen LogP contribution < -0.4 is 5.32 Å². The Bertz CT molecular complexity index is 359. The van der Waals surface area contributed by atoms with E-state index in [9.17, 15) is 0 Å². The quantitative estimate of drug-likeness (QED) is 0.625. The molecule has 0 saturated carbocycles. The number of hydrogen-bond acceptors (Lipinski definition) is 1. The highest BCUT2D eigenvalue weighted by molar-refractivity contribution is 5.25. The van der Waals surface area contributed by atoms with Crippen molar-refractivity contribution in [2.45, 2.75) is 71.8 Å². The summed E-state index contributed by atoms with van der Waals surface area (Å²) >= 11 is 0. The van der Waals surface area contributed by atoms with E-state index in [2.05, 4.69) is 57.4 Å². The zero-order valence-corrected chi connectivity index (χ0v) is 13.9. The monoisotopic (exact) mass is 275 g/mol. The third-order valence-corrected chi connectivity index (χ3v) is 4.59. The maximum Gasteiger partial charge on any atom is 0.00698 e. The van der Waals surface area contributed by atoms with Crippen LogP contribution >= 0.6 is 0 Å². The standard InChI is InChI=1S/C19H33N/c1-5-7-11-17(6-2)15-19(20-4)14-13-18-12-9-8-10-16(18)3/h8-10,12,17,19-20H,5-7,11,13-15H2,1-4H3. The first-order valence-electron chi connectivity index (χ1n) is 8.43. The van der Waals surface area contributed by atoms with Crippen LogP contribution in [0.5, 0.6) is 0 Å². The molecule has 20 heavy (non-hydrogen) atoms. The van der Waals surface area contributed by atoms with Gasteiger partial charge in [0.25, 0.3) is 0 Å². The van der Waals surface area contributed by atoms with Crippen LogP contribution in [0.1, 0.15) is 63.5 Å². The lowest BCUT2D eigenvalue weighted by Crippen LogP contribution is -2.28. The normalized spacial score (nSPS) is 14.2. The molecule has 0 amide bonds. The lowest BCUT2D eigenvalue weighted by molar-refractivity contribution is 0.349. The molecule has 114 valence electrons. The first-order valence-corrected chi connectivity index (χ1v) is 8.43. The van der Waals surface area contributed by atoms with E-state index < -0.39 is 0 Å². The fourth-order valence-electron chi connectivity index (χ4n) is 2.98. The van der Waals surface area contributed by atoms with Gasteiger partial charge in [-0.15, -0.1) is 0 Å². The molecule has 1 aromatic carbocycles. The maximum atomic E-state index is 3.53. The van der Waals surface area contributed by atoms with Crippen molar-refractivity contribution >= 4 is 0 Å². The van der Waals surface area contributed by atoms with Crippen molar-refractivity contribution in [3.63, 3.8) is 0 Å². The lowest BCUT2D eigenvalue weighted by atomic mass is 9.89. The smallest absolute Gasteiger partial charge is 0.00698 e. The van der Waals surface area contributed by atoms with Gasteiger partial charge in [-0.2, -0.15) is 0 Å². The van der Waals surface area contributed by atoms with Crippen LogP contribution in [0.4, 0.5) is 0 Å². The Hall–Kier alpha value is -0.820. The molecule has 0 aliphatic heterocycles. The molecule has 0 heterocycles. The van der Waals surface area contributed by atoms with Gasteiger partial charge in [-0.05, 0) is 50.3 Å². The summed E-state index contributed by atoms with van der Waals surface area (Å²) in [6.45, 7) is 6.86. The van der Waals surface area contributed by atoms with Crippen molar-refractivity contribution in [3.8, 4) is 0 Å². The van der Waals surface area contributed by atoms with Crippen molar-refractivity contribution in [2.24, 2.45) is 5.92 Å². The third-order valence-electron chi connectivity index (χ3n) is 4.59. The van der Waals surface area contributed by atoms with Crippen LogP contribution in [-0.4, -0.2) is 13.1 Å². The third kappa shape index (κ3) is 6.09. The number of aryl methyl sites for hydroxylation is 2. The van der Waals surface area contributed by atoms with Gasteiger partial charge in [0.2, 0.25) is 0 Å². The second kappa shape index (κ2) is 9.99. The zero-order chi connectivity index (χ0) is 14.8. The van der Waals surface area contributed by atoms with Gasteiger partial charge >= 0.3 is 0 Å². The Labute approximate surface area is 126 Å². The van der Waals surface area contributed by atoms with E-state index >= 15 is 0 Å². The first kappa shape index (κ1) is 17.2. The Kier molecular flexibility index (Phi) is 8.60. The molecular weight excluding hydrogens is 242 g/mol. The Morgan fingerprint density at radius 2 is 1.85 bits per heavy atom. The molecule has 1 heteroatoms. The Balaban J connectivity index is 2.44. The van der Waals surface area contributed by atoms with Crippen LogP contribution in [0.15, 0.2) is 24.3 Å². The van der Waals surface area contributed by atoms with Crippen molar-refractivity contribution in [2.75, 3.05) is 7.05 Å². The number of hydrogen-bond donors (Lipinski definition) is 1. The van der Waals surface area contributed by atoms with Crippen molar-refractivity contribution in [1.29, 1.82) is 0 Å². The molecule has 0 saturated heterocycles. The van der Waals surface area contributed by atoms with Crippen molar-refractivity contribution in [1.82, 2.24) is 5.32 Å². The van der Waals surface area contributed by atoms with Crippen molar-refractivity contribution < 1.29 is 0 Å². The molecule has 0 bridgehead atoms. The van der Waals surface area contributed by atoms with Crippen LogP contribution in [0.3, 0.4) is 0 Å². The highest BCUT2D eigenvalue weighted by Gasteiger charge is 2.14. The second-order valence-corrected chi connectivity index (χ2v) is 6.10. The minimum absolute atomic E-state index is 0.663. The molecule has 0 aliphatic rings. The van der Waals surface area contributed by atoms with Gasteiger partial charge in [-0.1, -0.05) is 63.8 Å². The van der Waals surface area contributed by atoms with E-state index in [1.165, 1.54) is 56.1 Å². The molecule has 2 unspecified atom stereocenters. The molecule has 1 N–H and O–H groups in total. The van der Waals surface area contributed by atoms with Gasteiger partial charge in [-0.25, -0.2) is 0 Å². The van der Waals surface area contributed by atoms with Gasteiger partial charge in [-0.3, -0.25) is 0 Å². The van der Waals surface area contributed by atoms with E-state index in [4.69, 9.17) is 0 Å². The minimum atomic E-state index is 0.663. The summed E-state index contributed by atoms with van der Waals surface area (Å²) in [5.41, 5.74) is 2.94. The summed E-state index contributed by atoms with van der Waals surface area (Å²) in [6, 6.07) is 9.45. The van der Waals surface area contributed by atoms with Gasteiger partial charge in [0.1, 0.15) is 0 Å². The van der Waals surface area contributed by atoms with Crippen LogP contribution in [0.25, 0.3) is 0 Å². The molecule has 0 fully saturated rings. The molecule has 1 nitrogen and oxygen atoms in total. The van der Waals surface area contributed by atoms with Crippen LogP contribution in [0, 0.1) is 12.8 Å². The highest BCUT2D eigenvalue weighted by Crippen LogP contribution is 2.21. The summed E-state index contributed by atoms with van der Waals surface area (Å²) in [5, 5.41) is 3.53. The van der Waals surface area contributed by atoms with E-state index in [1.807, 2.05) is 0 Å². The van der Waals surface area contributed by atoms with E-state index in [0.29, 0.717) is 6.04 Å². The van der Waals surface area contributed by atoms with E-state index in [0.717, 1.165) is 5.92 Å². The largest absolute Gasteiger partial charge is 0.317 e. The first-order chi connectivity index (χ1) is 9.71. The van der Waals surface area contributed by atoms with Gasteiger partial charge in [0.05, 0.1) is 0 Å². The maximum absolute atomic E-state index is 3.53. The molecule has 1 aromatic rings.